The van der Waals surface area contributed by atoms with E-state index >= 15 is 0 Å². The number of hydrogen-bond acceptors (Lipinski definition) is 2. The van der Waals surface area contributed by atoms with E-state index in [0.29, 0.717) is 0 Å². The normalized spacial score (nSPS) is 16.8. The number of methoxy groups -OCH3 is 1. The summed E-state index contributed by atoms with van der Waals surface area (Å²) < 4.78 is 177. The summed E-state index contributed by atoms with van der Waals surface area (Å²) in [7, 11) is 0.927. The molecule has 0 radical (unpaired) electrons. The summed E-state index contributed by atoms with van der Waals surface area (Å²) in [6.45, 7) is -0.0266. The fraction of sp³-hybridized carbons (Fsp3) is 0.625. The van der Waals surface area contributed by atoms with Crippen LogP contribution in [0.2, 0.25) is 0 Å². The van der Waals surface area contributed by atoms with Crippen molar-refractivity contribution in [3.63, 3.8) is 0 Å². The Morgan fingerprint density at radius 2 is 1.13 bits per heavy atom. The van der Waals surface area contributed by atoms with Crippen LogP contribution in [0.4, 0.5) is 57.1 Å². The van der Waals surface area contributed by atoms with Gasteiger partial charge in [-0.1, -0.05) is 25.1 Å². The van der Waals surface area contributed by atoms with Crippen LogP contribution >= 0.6 is 0 Å². The highest BCUT2D eigenvalue weighted by molar-refractivity contribution is 5.35. The Morgan fingerprint density at radius 3 is 1.55 bits per heavy atom. The van der Waals surface area contributed by atoms with Crippen molar-refractivity contribution in [1.82, 2.24) is 0 Å². The van der Waals surface area contributed by atoms with E-state index in [1.165, 1.54) is 6.07 Å². The van der Waals surface area contributed by atoms with Gasteiger partial charge >= 0.3 is 35.8 Å². The second-order valence-electron chi connectivity index (χ2n) is 6.39. The number of benzene rings is 1. The van der Waals surface area contributed by atoms with E-state index in [0.717, 1.165) is 25.3 Å². The standard InChI is InChI=1S/C16H13F13O2/c1-7(10(30)8-5-3-4-6-9(8)31-2)11(17,18)12(19,20)13(21,22)14(23,24)15(25,26)16(27,28)29/h3-7,10,30H,1-2H3. The molecule has 0 fully saturated rings. The van der Waals surface area contributed by atoms with Crippen LogP contribution < -0.4 is 4.74 Å². The lowest BCUT2D eigenvalue weighted by molar-refractivity contribution is -0.444. The Hall–Kier alpha value is -1.93. The molecule has 0 aliphatic heterocycles. The molecule has 0 aliphatic rings. The number of rotatable bonds is 8. The number of para-hydroxylation sites is 1. The van der Waals surface area contributed by atoms with Gasteiger partial charge in [0, 0.05) is 5.56 Å². The van der Waals surface area contributed by atoms with Gasteiger partial charge in [0.05, 0.1) is 19.1 Å². The van der Waals surface area contributed by atoms with Crippen LogP contribution in [0, 0.1) is 5.92 Å². The second-order valence-corrected chi connectivity index (χ2v) is 6.39. The number of halogens is 13. The average molecular weight is 484 g/mol. The molecule has 180 valence electrons. The molecule has 0 amide bonds. The third-order valence-corrected chi connectivity index (χ3v) is 4.46. The van der Waals surface area contributed by atoms with Crippen LogP contribution in [-0.4, -0.2) is 48.0 Å². The van der Waals surface area contributed by atoms with Crippen LogP contribution in [0.1, 0.15) is 18.6 Å². The van der Waals surface area contributed by atoms with Crippen molar-refractivity contribution in [1.29, 1.82) is 0 Å². The summed E-state index contributed by atoms with van der Waals surface area (Å²) in [5.74, 6) is -41.4. The summed E-state index contributed by atoms with van der Waals surface area (Å²) in [6.07, 6.45) is -10.3. The maximum atomic E-state index is 14.2. The number of aliphatic hydroxyl groups excluding tert-OH is 1. The zero-order valence-electron chi connectivity index (χ0n) is 15.2. The molecule has 0 spiro atoms. The topological polar surface area (TPSA) is 29.5 Å². The van der Waals surface area contributed by atoms with Gasteiger partial charge in [0.2, 0.25) is 0 Å². The lowest BCUT2D eigenvalue weighted by atomic mass is 9.83. The Balaban J connectivity index is 3.51. The van der Waals surface area contributed by atoms with E-state index in [2.05, 4.69) is 4.74 Å². The predicted octanol–water partition coefficient (Wildman–Crippen LogP) is 6.10. The molecule has 2 nitrogen and oxygen atoms in total. The molecule has 1 rings (SSSR count). The fourth-order valence-electron chi connectivity index (χ4n) is 2.45. The molecule has 31 heavy (non-hydrogen) atoms. The Bertz CT molecular complexity index is 773. The van der Waals surface area contributed by atoms with Crippen molar-refractivity contribution in [2.24, 2.45) is 5.92 Å². The zero-order valence-corrected chi connectivity index (χ0v) is 15.2. The molecule has 2 unspecified atom stereocenters. The van der Waals surface area contributed by atoms with Gasteiger partial charge in [0.25, 0.3) is 0 Å². The number of ether oxygens (including phenoxy) is 1. The van der Waals surface area contributed by atoms with Gasteiger partial charge in [-0.25, -0.2) is 0 Å². The number of aliphatic hydroxyl groups is 1. The number of hydrogen-bond donors (Lipinski definition) is 1. The van der Waals surface area contributed by atoms with Crippen LogP contribution in [0.15, 0.2) is 24.3 Å². The highest BCUT2D eigenvalue weighted by Gasteiger charge is 2.91. The molecule has 0 heterocycles. The van der Waals surface area contributed by atoms with E-state index in [1.807, 2.05) is 0 Å². The van der Waals surface area contributed by atoms with E-state index in [9.17, 15) is 62.2 Å². The smallest absolute Gasteiger partial charge is 0.460 e. The maximum absolute atomic E-state index is 14.2. The minimum Gasteiger partial charge on any atom is -0.496 e. The van der Waals surface area contributed by atoms with Crippen LogP contribution in [0.3, 0.4) is 0 Å². The van der Waals surface area contributed by atoms with Crippen LogP contribution in [0.25, 0.3) is 0 Å². The van der Waals surface area contributed by atoms with Crippen LogP contribution in [0.5, 0.6) is 5.75 Å². The highest BCUT2D eigenvalue weighted by Crippen LogP contribution is 2.62. The van der Waals surface area contributed by atoms with Crippen molar-refractivity contribution in [3.8, 4) is 5.75 Å². The van der Waals surface area contributed by atoms with Gasteiger partial charge in [-0.15, -0.1) is 0 Å². The van der Waals surface area contributed by atoms with Crippen molar-refractivity contribution in [2.75, 3.05) is 7.11 Å². The summed E-state index contributed by atoms with van der Waals surface area (Å²) in [6, 6.07) is 4.07. The molecule has 0 saturated heterocycles. The zero-order chi connectivity index (χ0) is 24.8. The maximum Gasteiger partial charge on any atom is 0.460 e. The monoisotopic (exact) mass is 484 g/mol. The summed E-state index contributed by atoms with van der Waals surface area (Å²) >= 11 is 0. The molecule has 15 heteroatoms. The van der Waals surface area contributed by atoms with Crippen molar-refractivity contribution < 1.29 is 66.9 Å². The summed E-state index contributed by atoms with van der Waals surface area (Å²) in [4.78, 5) is 0. The molecule has 1 aromatic carbocycles. The van der Waals surface area contributed by atoms with Crippen molar-refractivity contribution >= 4 is 0 Å². The van der Waals surface area contributed by atoms with Gasteiger partial charge in [-0.3, -0.25) is 0 Å². The van der Waals surface area contributed by atoms with Gasteiger partial charge in [-0.2, -0.15) is 57.1 Å². The molecular weight excluding hydrogens is 471 g/mol. The first-order valence-corrected chi connectivity index (χ1v) is 7.89. The SMILES string of the molecule is COc1ccccc1C(O)C(C)C(F)(F)C(F)(F)C(F)(F)C(F)(F)C(F)(F)C(F)(F)F. The lowest BCUT2D eigenvalue weighted by Gasteiger charge is -2.42. The second kappa shape index (κ2) is 7.89. The fourth-order valence-corrected chi connectivity index (χ4v) is 2.45. The third kappa shape index (κ3) is 3.89. The molecule has 0 aromatic heterocycles. The van der Waals surface area contributed by atoms with Crippen LogP contribution in [-0.2, 0) is 0 Å². The van der Waals surface area contributed by atoms with E-state index in [-0.39, 0.29) is 6.92 Å². The van der Waals surface area contributed by atoms with Gasteiger partial charge in [-0.05, 0) is 6.07 Å². The van der Waals surface area contributed by atoms with E-state index in [4.69, 9.17) is 0 Å². The Kier molecular flexibility index (Phi) is 6.90. The predicted molar refractivity (Wildman–Crippen MR) is 77.9 cm³/mol. The molecule has 0 bridgehead atoms. The van der Waals surface area contributed by atoms with Gasteiger partial charge in [0.1, 0.15) is 5.75 Å². The molecule has 1 aromatic rings. The highest BCUT2D eigenvalue weighted by atomic mass is 19.4. The quantitative estimate of drug-likeness (QED) is 0.452. The lowest BCUT2D eigenvalue weighted by Crippen LogP contribution is -2.71. The minimum atomic E-state index is -7.99. The minimum absolute atomic E-state index is 0.0266. The Morgan fingerprint density at radius 1 is 0.710 bits per heavy atom. The van der Waals surface area contributed by atoms with Gasteiger partial charge in [0.15, 0.2) is 0 Å². The first-order chi connectivity index (χ1) is 13.6. The molecule has 0 saturated carbocycles. The summed E-state index contributed by atoms with van der Waals surface area (Å²) in [5.41, 5.74) is -0.705. The first-order valence-electron chi connectivity index (χ1n) is 7.89. The molecule has 1 N–H and O–H groups in total. The molecule has 0 aliphatic carbocycles. The molecule has 2 atom stereocenters. The Labute approximate surface area is 165 Å². The van der Waals surface area contributed by atoms with Crippen molar-refractivity contribution in [2.45, 2.75) is 48.8 Å². The van der Waals surface area contributed by atoms with Crippen molar-refractivity contribution in [3.05, 3.63) is 29.8 Å². The largest absolute Gasteiger partial charge is 0.496 e. The average Bonchev–Trinajstić information content (AvgIpc) is 2.65. The first kappa shape index (κ1) is 27.1. The molecular formula is C16H13F13O2. The summed E-state index contributed by atoms with van der Waals surface area (Å²) in [5, 5.41) is 9.90. The van der Waals surface area contributed by atoms with E-state index in [1.54, 1.807) is 0 Å². The third-order valence-electron chi connectivity index (χ3n) is 4.46. The van der Waals surface area contributed by atoms with E-state index < -0.39 is 59.1 Å². The van der Waals surface area contributed by atoms with Gasteiger partial charge < -0.3 is 9.84 Å². The number of alkyl halides is 13.